The molecule has 0 amide bonds. The Balaban J connectivity index is 2.81. The van der Waals surface area contributed by atoms with Crippen LogP contribution >= 0.6 is 0 Å². The zero-order chi connectivity index (χ0) is 6.41. The molecule has 0 aromatic carbocycles. The van der Waals surface area contributed by atoms with Gasteiger partial charge in [-0.2, -0.15) is 8.78 Å². The number of hydrogen-bond donors (Lipinski definition) is 0. The molecule has 0 saturated heterocycles. The number of hydrogen-bond acceptors (Lipinski definition) is 1. The van der Waals surface area contributed by atoms with Crippen molar-refractivity contribution in [3.8, 4) is 0 Å². The van der Waals surface area contributed by atoms with Crippen LogP contribution in [0.15, 0.2) is 12.7 Å². The Morgan fingerprint density at radius 1 is 1.62 bits per heavy atom. The molecule has 0 bridgehead atoms. The highest BCUT2D eigenvalue weighted by Gasteiger charge is 2.02. The molecule has 0 aromatic heterocycles. The van der Waals surface area contributed by atoms with E-state index in [2.05, 4.69) is 11.3 Å². The molecule has 3 heteroatoms. The van der Waals surface area contributed by atoms with Crippen LogP contribution < -0.4 is 0 Å². The molecule has 0 fully saturated rings. The summed E-state index contributed by atoms with van der Waals surface area (Å²) in [4.78, 5) is 0. The first kappa shape index (κ1) is 7.56. The molecule has 0 rings (SSSR count). The second-order valence-corrected chi connectivity index (χ2v) is 1.15. The van der Waals surface area contributed by atoms with E-state index in [1.165, 1.54) is 6.08 Å². The third kappa shape index (κ3) is 5.56. The van der Waals surface area contributed by atoms with Gasteiger partial charge in [-0.25, -0.2) is 0 Å². The summed E-state index contributed by atoms with van der Waals surface area (Å²) in [7, 11) is 0. The van der Waals surface area contributed by atoms with Gasteiger partial charge in [-0.05, 0) is 6.42 Å². The lowest BCUT2D eigenvalue weighted by atomic mass is 10.5. The van der Waals surface area contributed by atoms with Crippen molar-refractivity contribution in [1.82, 2.24) is 0 Å². The average molecular weight is 121 g/mol. The van der Waals surface area contributed by atoms with Gasteiger partial charge in [0.05, 0.1) is 6.61 Å². The van der Waals surface area contributed by atoms with Gasteiger partial charge in [0, 0.05) is 0 Å². The SMILES string of the molecule is C=CCCO[C](F)F. The van der Waals surface area contributed by atoms with E-state index >= 15 is 0 Å². The van der Waals surface area contributed by atoms with E-state index in [1.54, 1.807) is 0 Å². The molecule has 0 atom stereocenters. The van der Waals surface area contributed by atoms with Gasteiger partial charge < -0.3 is 4.74 Å². The summed E-state index contributed by atoms with van der Waals surface area (Å²) in [6, 6.07) is 0. The van der Waals surface area contributed by atoms with Gasteiger partial charge in [0.15, 0.2) is 0 Å². The Morgan fingerprint density at radius 2 is 2.25 bits per heavy atom. The first-order valence-corrected chi connectivity index (χ1v) is 2.19. The van der Waals surface area contributed by atoms with Crippen LogP contribution in [0.2, 0.25) is 0 Å². The largest absolute Gasteiger partial charge is 0.448 e. The molecular weight excluding hydrogens is 114 g/mol. The summed E-state index contributed by atoms with van der Waals surface area (Å²) in [5, 5.41) is 0. The predicted molar refractivity (Wildman–Crippen MR) is 26.2 cm³/mol. The maximum absolute atomic E-state index is 11.0. The molecule has 0 saturated carbocycles. The Morgan fingerprint density at radius 3 is 2.62 bits per heavy atom. The average Bonchev–Trinajstić information content (AvgIpc) is 1.66. The summed E-state index contributed by atoms with van der Waals surface area (Å²) >= 11 is 0. The molecule has 0 aromatic rings. The summed E-state index contributed by atoms with van der Waals surface area (Å²) < 4.78 is 25.8. The standard InChI is InChI=1S/C5H7F2O/c1-2-3-4-8-5(6)7/h2H,1,3-4H2. The van der Waals surface area contributed by atoms with E-state index < -0.39 is 6.61 Å². The minimum absolute atomic E-state index is 0.0197. The summed E-state index contributed by atoms with van der Waals surface area (Å²) in [5.74, 6) is 0. The summed E-state index contributed by atoms with van der Waals surface area (Å²) in [6.45, 7) is 1.36. The van der Waals surface area contributed by atoms with Crippen molar-refractivity contribution in [1.29, 1.82) is 0 Å². The van der Waals surface area contributed by atoms with Crippen molar-refractivity contribution in [3.05, 3.63) is 19.3 Å². The Hall–Kier alpha value is -0.440. The predicted octanol–water partition coefficient (Wildman–Crippen LogP) is 1.97. The van der Waals surface area contributed by atoms with Crippen LogP contribution in [0.1, 0.15) is 6.42 Å². The van der Waals surface area contributed by atoms with Crippen molar-refractivity contribution in [3.63, 3.8) is 0 Å². The molecule has 0 N–H and O–H groups in total. The minimum Gasteiger partial charge on any atom is -0.313 e. The van der Waals surface area contributed by atoms with Gasteiger partial charge in [-0.1, -0.05) is 6.08 Å². The first-order valence-electron chi connectivity index (χ1n) is 2.19. The highest BCUT2D eigenvalue weighted by atomic mass is 19.3. The molecule has 0 aliphatic heterocycles. The van der Waals surface area contributed by atoms with Crippen LogP contribution in [0.3, 0.4) is 0 Å². The van der Waals surface area contributed by atoms with E-state index in [9.17, 15) is 8.78 Å². The summed E-state index contributed by atoms with van der Waals surface area (Å²) in [5.41, 5.74) is 0. The Kier molecular flexibility index (Phi) is 4.45. The minimum atomic E-state index is -1.98. The maximum Gasteiger partial charge on any atom is 0.448 e. The van der Waals surface area contributed by atoms with Gasteiger partial charge in [0.1, 0.15) is 0 Å². The van der Waals surface area contributed by atoms with Gasteiger partial charge >= 0.3 is 6.61 Å². The van der Waals surface area contributed by atoms with Crippen LogP contribution in [-0.2, 0) is 4.74 Å². The highest BCUT2D eigenvalue weighted by molar-refractivity contribution is 4.64. The lowest BCUT2D eigenvalue weighted by Gasteiger charge is -1.93. The highest BCUT2D eigenvalue weighted by Crippen LogP contribution is 2.04. The lowest BCUT2D eigenvalue weighted by molar-refractivity contribution is -0.0172. The van der Waals surface area contributed by atoms with E-state index in [4.69, 9.17) is 0 Å². The van der Waals surface area contributed by atoms with Gasteiger partial charge in [0.25, 0.3) is 0 Å². The molecule has 47 valence electrons. The summed E-state index contributed by atoms with van der Waals surface area (Å²) in [6.07, 6.45) is 1.97. The molecule has 0 heterocycles. The van der Waals surface area contributed by atoms with Crippen molar-refractivity contribution >= 4 is 0 Å². The van der Waals surface area contributed by atoms with E-state index in [-0.39, 0.29) is 6.61 Å². The fourth-order valence-electron chi connectivity index (χ4n) is 0.219. The zero-order valence-electron chi connectivity index (χ0n) is 4.36. The lowest BCUT2D eigenvalue weighted by Crippen LogP contribution is -1.91. The fraction of sp³-hybridized carbons (Fsp3) is 0.400. The zero-order valence-corrected chi connectivity index (χ0v) is 4.36. The topological polar surface area (TPSA) is 9.23 Å². The third-order valence-corrected chi connectivity index (χ3v) is 0.533. The molecule has 0 aliphatic carbocycles. The fourth-order valence-corrected chi connectivity index (χ4v) is 0.219. The first-order chi connectivity index (χ1) is 3.77. The van der Waals surface area contributed by atoms with Crippen molar-refractivity contribution in [2.75, 3.05) is 6.61 Å². The van der Waals surface area contributed by atoms with Gasteiger partial charge in [0.2, 0.25) is 0 Å². The third-order valence-electron chi connectivity index (χ3n) is 0.533. The van der Waals surface area contributed by atoms with Crippen LogP contribution in [-0.4, -0.2) is 6.61 Å². The smallest absolute Gasteiger partial charge is 0.313 e. The second-order valence-electron chi connectivity index (χ2n) is 1.15. The molecule has 0 aliphatic rings. The normalized spacial score (nSPS) is 9.88. The van der Waals surface area contributed by atoms with Gasteiger partial charge in [-0.3, -0.25) is 0 Å². The number of rotatable bonds is 4. The van der Waals surface area contributed by atoms with Crippen LogP contribution in [0.25, 0.3) is 0 Å². The molecule has 0 unspecified atom stereocenters. The molecule has 8 heavy (non-hydrogen) atoms. The van der Waals surface area contributed by atoms with E-state index in [0.717, 1.165) is 0 Å². The number of halogens is 2. The van der Waals surface area contributed by atoms with E-state index in [0.29, 0.717) is 6.42 Å². The molecule has 0 spiro atoms. The monoisotopic (exact) mass is 121 g/mol. The van der Waals surface area contributed by atoms with Crippen LogP contribution in [0.4, 0.5) is 8.78 Å². The second kappa shape index (κ2) is 4.71. The molecular formula is C5H7F2O. The van der Waals surface area contributed by atoms with Crippen LogP contribution in [0.5, 0.6) is 0 Å². The Labute approximate surface area is 47.0 Å². The maximum atomic E-state index is 11.0. The van der Waals surface area contributed by atoms with Crippen molar-refractivity contribution < 1.29 is 13.5 Å². The quantitative estimate of drug-likeness (QED) is 0.408. The molecule has 1 nitrogen and oxygen atoms in total. The molecule has 1 radical (unpaired) electrons. The number of ether oxygens (including phenoxy) is 1. The van der Waals surface area contributed by atoms with Crippen LogP contribution in [0, 0.1) is 6.61 Å². The van der Waals surface area contributed by atoms with Gasteiger partial charge in [-0.15, -0.1) is 6.58 Å². The Bertz CT molecular complexity index is 63.4. The van der Waals surface area contributed by atoms with E-state index in [1.807, 2.05) is 0 Å². The van der Waals surface area contributed by atoms with Crippen molar-refractivity contribution in [2.45, 2.75) is 6.42 Å². The van der Waals surface area contributed by atoms with Crippen molar-refractivity contribution in [2.24, 2.45) is 0 Å².